The highest BCUT2D eigenvalue weighted by Gasteiger charge is 2.27. The van der Waals surface area contributed by atoms with Crippen LogP contribution in [0, 0.1) is 5.82 Å². The largest absolute Gasteiger partial charge is 0.370 e. The number of ether oxygens (including phenoxy) is 1. The normalized spacial score (nSPS) is 17.8. The molecule has 0 amide bonds. The van der Waals surface area contributed by atoms with E-state index >= 15 is 0 Å². The van der Waals surface area contributed by atoms with Gasteiger partial charge in [-0.15, -0.1) is 5.10 Å². The minimum atomic E-state index is -0.514. The number of benzene rings is 1. The molecule has 3 rings (SSSR count). The molecule has 0 spiro atoms. The van der Waals surface area contributed by atoms with Gasteiger partial charge in [-0.1, -0.05) is 37.0 Å². The lowest BCUT2D eigenvalue weighted by Gasteiger charge is -2.33. The second-order valence-electron chi connectivity index (χ2n) is 5.81. The topological polar surface area (TPSA) is 51.1 Å². The van der Waals surface area contributed by atoms with Gasteiger partial charge in [-0.2, -0.15) is 5.10 Å². The molecule has 0 radical (unpaired) electrons. The summed E-state index contributed by atoms with van der Waals surface area (Å²) in [6.07, 6.45) is 1.22. The first kappa shape index (κ1) is 18.3. The second kappa shape index (κ2) is 7.81. The Morgan fingerprint density at radius 2 is 1.92 bits per heavy atom. The molecule has 1 saturated heterocycles. The van der Waals surface area contributed by atoms with Gasteiger partial charge in [0, 0.05) is 17.1 Å². The van der Waals surface area contributed by atoms with E-state index in [0.29, 0.717) is 36.2 Å². The third kappa shape index (κ3) is 3.86. The quantitative estimate of drug-likeness (QED) is 0.745. The first-order valence-corrected chi connectivity index (χ1v) is 9.02. The maximum Gasteiger partial charge on any atom is 0.245 e. The van der Waals surface area contributed by atoms with E-state index in [4.69, 9.17) is 27.9 Å². The number of morpholine rings is 1. The van der Waals surface area contributed by atoms with Crippen LogP contribution in [-0.2, 0) is 17.6 Å². The van der Waals surface area contributed by atoms with E-state index in [0.717, 1.165) is 24.2 Å². The molecule has 8 heteroatoms. The first-order valence-electron chi connectivity index (χ1n) is 8.26. The van der Waals surface area contributed by atoms with E-state index in [1.54, 1.807) is 0 Å². The minimum absolute atomic E-state index is 0.00306. The molecule has 5 nitrogen and oxygen atoms in total. The van der Waals surface area contributed by atoms with Gasteiger partial charge < -0.3 is 9.64 Å². The third-order valence-electron chi connectivity index (χ3n) is 4.23. The van der Waals surface area contributed by atoms with E-state index in [1.807, 2.05) is 18.7 Å². The summed E-state index contributed by atoms with van der Waals surface area (Å²) in [4.78, 5) is 6.63. The smallest absolute Gasteiger partial charge is 0.245 e. The van der Waals surface area contributed by atoms with Crippen molar-refractivity contribution in [3.63, 3.8) is 0 Å². The van der Waals surface area contributed by atoms with Gasteiger partial charge in [0.1, 0.15) is 11.9 Å². The van der Waals surface area contributed by atoms with Crippen LogP contribution in [0.5, 0.6) is 0 Å². The predicted octanol–water partition coefficient (Wildman–Crippen LogP) is 4.02. The Balaban J connectivity index is 1.85. The Morgan fingerprint density at radius 1 is 1.16 bits per heavy atom. The van der Waals surface area contributed by atoms with E-state index < -0.39 is 5.82 Å². The molecule has 2 aromatic rings. The summed E-state index contributed by atoms with van der Waals surface area (Å²) in [5, 5.41) is 8.91. The summed E-state index contributed by atoms with van der Waals surface area (Å²) < 4.78 is 19.6. The monoisotopic (exact) mass is 384 g/mol. The maximum atomic E-state index is 13.8. The van der Waals surface area contributed by atoms with Gasteiger partial charge in [-0.05, 0) is 25.0 Å². The molecule has 1 fully saturated rings. The van der Waals surface area contributed by atoms with Gasteiger partial charge in [-0.25, -0.2) is 9.37 Å². The molecule has 2 heterocycles. The molecule has 134 valence electrons. The fourth-order valence-corrected chi connectivity index (χ4v) is 3.37. The van der Waals surface area contributed by atoms with Gasteiger partial charge >= 0.3 is 0 Å². The lowest BCUT2D eigenvalue weighted by atomic mass is 10.1. The zero-order valence-corrected chi connectivity index (χ0v) is 15.6. The highest BCUT2D eigenvalue weighted by molar-refractivity contribution is 6.35. The number of halogens is 3. The van der Waals surface area contributed by atoms with Crippen molar-refractivity contribution >= 4 is 29.2 Å². The Morgan fingerprint density at radius 3 is 2.64 bits per heavy atom. The number of aryl methyl sites for hydroxylation is 2. The zero-order valence-electron chi connectivity index (χ0n) is 14.1. The van der Waals surface area contributed by atoms with Crippen LogP contribution in [0.1, 0.15) is 36.9 Å². The van der Waals surface area contributed by atoms with Gasteiger partial charge in [0.05, 0.1) is 29.6 Å². The molecule has 1 aromatic carbocycles. The van der Waals surface area contributed by atoms with Crippen LogP contribution in [0.25, 0.3) is 0 Å². The molecular formula is C17H19Cl2FN4O. The number of anilines is 1. The van der Waals surface area contributed by atoms with Gasteiger partial charge in [0.15, 0.2) is 0 Å². The van der Waals surface area contributed by atoms with Crippen molar-refractivity contribution in [2.24, 2.45) is 0 Å². The summed E-state index contributed by atoms with van der Waals surface area (Å²) in [7, 11) is 0. The summed E-state index contributed by atoms with van der Waals surface area (Å²) in [5.41, 5.74) is 2.44. The van der Waals surface area contributed by atoms with Crippen LogP contribution >= 0.6 is 23.2 Å². The van der Waals surface area contributed by atoms with Crippen molar-refractivity contribution in [2.45, 2.75) is 32.8 Å². The van der Waals surface area contributed by atoms with Crippen LogP contribution in [0.15, 0.2) is 12.1 Å². The fourth-order valence-electron chi connectivity index (χ4n) is 2.87. The first-order chi connectivity index (χ1) is 12.0. The molecule has 0 aliphatic carbocycles. The number of rotatable bonds is 4. The lowest BCUT2D eigenvalue weighted by molar-refractivity contribution is 0.0390. The lowest BCUT2D eigenvalue weighted by Crippen LogP contribution is -2.39. The molecule has 0 bridgehead atoms. The molecule has 0 N–H and O–H groups in total. The van der Waals surface area contributed by atoms with Gasteiger partial charge in [-0.3, -0.25) is 0 Å². The highest BCUT2D eigenvalue weighted by atomic mass is 35.5. The average Bonchev–Trinajstić information content (AvgIpc) is 2.64. The minimum Gasteiger partial charge on any atom is -0.370 e. The summed E-state index contributed by atoms with van der Waals surface area (Å²) in [6, 6.07) is 2.73. The summed E-state index contributed by atoms with van der Waals surface area (Å²) in [5.74, 6) is 0.0492. The average molecular weight is 385 g/mol. The zero-order chi connectivity index (χ0) is 18.0. The number of aromatic nitrogens is 3. The molecular weight excluding hydrogens is 366 g/mol. The van der Waals surface area contributed by atoms with Crippen molar-refractivity contribution in [1.29, 1.82) is 0 Å². The third-order valence-corrected chi connectivity index (χ3v) is 4.85. The molecule has 1 aliphatic heterocycles. The van der Waals surface area contributed by atoms with Crippen LogP contribution < -0.4 is 4.90 Å². The van der Waals surface area contributed by atoms with E-state index in [1.165, 1.54) is 12.1 Å². The molecule has 1 atom stereocenters. The van der Waals surface area contributed by atoms with E-state index in [2.05, 4.69) is 15.2 Å². The van der Waals surface area contributed by atoms with Crippen LogP contribution in [-0.4, -0.2) is 34.9 Å². The SMILES string of the molecule is CCc1nnc(N2CCOC(c3cc(F)c(Cl)cc3Cl)C2)nc1CC. The van der Waals surface area contributed by atoms with E-state index in [-0.39, 0.29) is 11.1 Å². The van der Waals surface area contributed by atoms with Crippen LogP contribution in [0.3, 0.4) is 0 Å². The van der Waals surface area contributed by atoms with Crippen molar-refractivity contribution in [3.8, 4) is 0 Å². The maximum absolute atomic E-state index is 13.8. The predicted molar refractivity (Wildman–Crippen MR) is 95.9 cm³/mol. The standard InChI is InChI=1S/C17H19Cl2FN4O/c1-3-14-15(4-2)22-23-17(21-14)24-5-6-25-16(9-24)10-7-13(20)12(19)8-11(10)18/h7-8,16H,3-6,9H2,1-2H3. The summed E-state index contributed by atoms with van der Waals surface area (Å²) in [6.45, 7) is 5.65. The van der Waals surface area contributed by atoms with E-state index in [9.17, 15) is 4.39 Å². The Kier molecular flexibility index (Phi) is 5.71. The van der Waals surface area contributed by atoms with Crippen molar-refractivity contribution in [2.75, 3.05) is 24.6 Å². The number of hydrogen-bond donors (Lipinski definition) is 0. The van der Waals surface area contributed by atoms with Gasteiger partial charge in [0.2, 0.25) is 5.95 Å². The Labute approximate surface area is 156 Å². The summed E-state index contributed by atoms with van der Waals surface area (Å²) >= 11 is 12.0. The second-order valence-corrected chi connectivity index (χ2v) is 6.62. The number of nitrogens with zero attached hydrogens (tertiary/aromatic N) is 4. The molecule has 1 aromatic heterocycles. The van der Waals surface area contributed by atoms with Crippen LogP contribution in [0.4, 0.5) is 10.3 Å². The van der Waals surface area contributed by atoms with Crippen molar-refractivity contribution in [3.05, 3.63) is 44.9 Å². The molecule has 0 saturated carbocycles. The highest BCUT2D eigenvalue weighted by Crippen LogP contribution is 2.33. The Hall–Kier alpha value is -1.50. The van der Waals surface area contributed by atoms with Crippen molar-refractivity contribution in [1.82, 2.24) is 15.2 Å². The van der Waals surface area contributed by atoms with Crippen LogP contribution in [0.2, 0.25) is 10.0 Å². The fraction of sp³-hybridized carbons (Fsp3) is 0.471. The van der Waals surface area contributed by atoms with Crippen molar-refractivity contribution < 1.29 is 9.13 Å². The molecule has 1 unspecified atom stereocenters. The van der Waals surface area contributed by atoms with Gasteiger partial charge in [0.25, 0.3) is 0 Å². The number of hydrogen-bond acceptors (Lipinski definition) is 5. The molecule has 1 aliphatic rings. The molecule has 25 heavy (non-hydrogen) atoms. The Bertz CT molecular complexity index is 775.